The number of unbranched alkanes of at least 4 members (excludes halogenated alkanes) is 2. The van der Waals surface area contributed by atoms with Crippen LogP contribution in [0.25, 0.3) is 0 Å². The Hall–Kier alpha value is -1.49. The van der Waals surface area contributed by atoms with Crippen LogP contribution in [0.2, 0.25) is 0 Å². The SMILES string of the molecule is Nc1cc(C(=O)OCCCCCO)n(C2CC2)c1. The fraction of sp³-hybridized carbons (Fsp3) is 0.615. The van der Waals surface area contributed by atoms with E-state index >= 15 is 0 Å². The van der Waals surface area contributed by atoms with Crippen molar-refractivity contribution in [2.24, 2.45) is 0 Å². The van der Waals surface area contributed by atoms with Gasteiger partial charge in [-0.15, -0.1) is 0 Å². The number of nitrogen functional groups attached to an aromatic ring is 1. The third-order valence-electron chi connectivity index (χ3n) is 3.05. The molecule has 2 rings (SSSR count). The van der Waals surface area contributed by atoms with Crippen molar-refractivity contribution < 1.29 is 14.6 Å². The van der Waals surface area contributed by atoms with Crippen molar-refractivity contribution >= 4 is 11.7 Å². The highest BCUT2D eigenvalue weighted by Crippen LogP contribution is 2.37. The lowest BCUT2D eigenvalue weighted by molar-refractivity contribution is 0.0484. The zero-order valence-electron chi connectivity index (χ0n) is 10.5. The van der Waals surface area contributed by atoms with Crippen LogP contribution >= 0.6 is 0 Å². The number of ether oxygens (including phenoxy) is 1. The summed E-state index contributed by atoms with van der Waals surface area (Å²) in [4.78, 5) is 11.9. The summed E-state index contributed by atoms with van der Waals surface area (Å²) < 4.78 is 7.13. The van der Waals surface area contributed by atoms with Crippen molar-refractivity contribution in [1.29, 1.82) is 0 Å². The Morgan fingerprint density at radius 3 is 2.89 bits per heavy atom. The molecule has 1 heterocycles. The van der Waals surface area contributed by atoms with E-state index in [4.69, 9.17) is 15.6 Å². The first-order valence-electron chi connectivity index (χ1n) is 6.47. The van der Waals surface area contributed by atoms with Gasteiger partial charge in [-0.3, -0.25) is 0 Å². The third-order valence-corrected chi connectivity index (χ3v) is 3.05. The Morgan fingerprint density at radius 2 is 2.22 bits per heavy atom. The van der Waals surface area contributed by atoms with E-state index in [9.17, 15) is 4.79 Å². The van der Waals surface area contributed by atoms with E-state index in [0.29, 0.717) is 24.0 Å². The summed E-state index contributed by atoms with van der Waals surface area (Å²) in [6, 6.07) is 2.09. The Morgan fingerprint density at radius 1 is 1.44 bits per heavy atom. The molecule has 1 aromatic heterocycles. The smallest absolute Gasteiger partial charge is 0.355 e. The maximum absolute atomic E-state index is 11.9. The predicted octanol–water partition coefficient (Wildman–Crippen LogP) is 1.72. The Kier molecular flexibility index (Phi) is 4.25. The number of esters is 1. The maximum Gasteiger partial charge on any atom is 0.355 e. The zero-order chi connectivity index (χ0) is 13.0. The molecule has 0 amide bonds. The molecule has 1 aromatic rings. The molecule has 1 aliphatic carbocycles. The first-order valence-corrected chi connectivity index (χ1v) is 6.47. The fourth-order valence-electron chi connectivity index (χ4n) is 1.95. The number of aliphatic hydroxyl groups excluding tert-OH is 1. The normalized spacial score (nSPS) is 14.7. The summed E-state index contributed by atoms with van der Waals surface area (Å²) in [5.74, 6) is -0.303. The molecule has 0 saturated heterocycles. The molecule has 0 aromatic carbocycles. The molecule has 18 heavy (non-hydrogen) atoms. The standard InChI is InChI=1S/C13H20N2O3/c14-10-8-12(15(9-10)11-4-5-11)13(17)18-7-3-1-2-6-16/h8-9,11,16H,1-7,14H2. The van der Waals surface area contributed by atoms with Gasteiger partial charge >= 0.3 is 5.97 Å². The van der Waals surface area contributed by atoms with E-state index < -0.39 is 0 Å². The molecule has 1 fully saturated rings. The highest BCUT2D eigenvalue weighted by Gasteiger charge is 2.28. The van der Waals surface area contributed by atoms with Crippen LogP contribution in [0.4, 0.5) is 5.69 Å². The quantitative estimate of drug-likeness (QED) is 0.572. The molecule has 0 aliphatic heterocycles. The number of nitrogens with zero attached hydrogens (tertiary/aromatic N) is 1. The van der Waals surface area contributed by atoms with Crippen molar-refractivity contribution in [3.63, 3.8) is 0 Å². The lowest BCUT2D eigenvalue weighted by Crippen LogP contribution is -2.11. The number of aliphatic hydroxyl groups is 1. The number of nitrogens with two attached hydrogens (primary N) is 1. The molecular formula is C13H20N2O3. The molecule has 0 bridgehead atoms. The second kappa shape index (κ2) is 5.91. The van der Waals surface area contributed by atoms with Crippen molar-refractivity contribution in [3.05, 3.63) is 18.0 Å². The first-order chi connectivity index (χ1) is 8.72. The molecule has 0 unspecified atom stereocenters. The molecule has 5 nitrogen and oxygen atoms in total. The van der Waals surface area contributed by atoms with E-state index in [0.717, 1.165) is 32.1 Å². The van der Waals surface area contributed by atoms with Gasteiger partial charge in [0.25, 0.3) is 0 Å². The second-order valence-electron chi connectivity index (χ2n) is 4.72. The zero-order valence-corrected chi connectivity index (χ0v) is 10.5. The molecule has 5 heteroatoms. The van der Waals surface area contributed by atoms with Crippen molar-refractivity contribution in [2.75, 3.05) is 18.9 Å². The van der Waals surface area contributed by atoms with Gasteiger partial charge in [0.1, 0.15) is 5.69 Å². The van der Waals surface area contributed by atoms with Gasteiger partial charge in [0.15, 0.2) is 0 Å². The lowest BCUT2D eigenvalue weighted by atomic mass is 10.2. The van der Waals surface area contributed by atoms with Crippen LogP contribution in [0, 0.1) is 0 Å². The van der Waals surface area contributed by atoms with Crippen LogP contribution in [0.1, 0.15) is 48.6 Å². The highest BCUT2D eigenvalue weighted by molar-refractivity contribution is 5.89. The van der Waals surface area contributed by atoms with Crippen LogP contribution in [0.3, 0.4) is 0 Å². The van der Waals surface area contributed by atoms with Crippen LogP contribution in [-0.4, -0.2) is 28.9 Å². The topological polar surface area (TPSA) is 77.5 Å². The van der Waals surface area contributed by atoms with E-state index in [1.54, 1.807) is 12.3 Å². The number of hydrogen-bond acceptors (Lipinski definition) is 4. The second-order valence-corrected chi connectivity index (χ2v) is 4.72. The van der Waals surface area contributed by atoms with E-state index in [1.165, 1.54) is 0 Å². The van der Waals surface area contributed by atoms with Gasteiger partial charge in [-0.05, 0) is 38.2 Å². The Balaban J connectivity index is 1.84. The summed E-state index contributed by atoms with van der Waals surface area (Å²) in [7, 11) is 0. The molecule has 0 radical (unpaired) electrons. The minimum Gasteiger partial charge on any atom is -0.461 e. The number of anilines is 1. The average Bonchev–Trinajstić information content (AvgIpc) is 3.12. The van der Waals surface area contributed by atoms with E-state index in [-0.39, 0.29) is 12.6 Å². The summed E-state index contributed by atoms with van der Waals surface area (Å²) in [5.41, 5.74) is 6.88. The Labute approximate surface area is 107 Å². The largest absolute Gasteiger partial charge is 0.461 e. The van der Waals surface area contributed by atoms with Crippen LogP contribution in [0.5, 0.6) is 0 Å². The summed E-state index contributed by atoms with van der Waals surface area (Å²) in [6.07, 6.45) is 6.42. The Bertz CT molecular complexity index is 410. The first kappa shape index (κ1) is 13.0. The van der Waals surface area contributed by atoms with E-state index in [1.807, 2.05) is 4.57 Å². The highest BCUT2D eigenvalue weighted by atomic mass is 16.5. The van der Waals surface area contributed by atoms with Gasteiger partial charge < -0.3 is 20.1 Å². The number of carbonyl (C=O) groups excluding carboxylic acids is 1. The molecule has 3 N–H and O–H groups in total. The molecule has 1 saturated carbocycles. The third kappa shape index (κ3) is 3.26. The molecule has 0 atom stereocenters. The summed E-state index contributed by atoms with van der Waals surface area (Å²) in [6.45, 7) is 0.587. The number of aromatic nitrogens is 1. The van der Waals surface area contributed by atoms with Gasteiger partial charge in [-0.2, -0.15) is 0 Å². The van der Waals surface area contributed by atoms with Crippen LogP contribution in [-0.2, 0) is 4.74 Å². The van der Waals surface area contributed by atoms with Gasteiger partial charge in [-0.25, -0.2) is 4.79 Å². The molecule has 0 spiro atoms. The van der Waals surface area contributed by atoms with Crippen molar-refractivity contribution in [3.8, 4) is 0 Å². The summed E-state index contributed by atoms with van der Waals surface area (Å²) >= 11 is 0. The maximum atomic E-state index is 11.9. The fourth-order valence-corrected chi connectivity index (χ4v) is 1.95. The average molecular weight is 252 g/mol. The molecule has 100 valence electrons. The summed E-state index contributed by atoms with van der Waals surface area (Å²) in [5, 5.41) is 8.63. The van der Waals surface area contributed by atoms with E-state index in [2.05, 4.69) is 0 Å². The number of rotatable bonds is 7. The number of carbonyl (C=O) groups is 1. The minimum atomic E-state index is -0.303. The van der Waals surface area contributed by atoms with Gasteiger partial charge in [0, 0.05) is 18.8 Å². The van der Waals surface area contributed by atoms with Crippen molar-refractivity contribution in [2.45, 2.75) is 38.1 Å². The minimum absolute atomic E-state index is 0.189. The molecule has 1 aliphatic rings. The molecular weight excluding hydrogens is 232 g/mol. The van der Waals surface area contributed by atoms with Crippen LogP contribution < -0.4 is 5.73 Å². The van der Waals surface area contributed by atoms with Gasteiger partial charge in [0.05, 0.1) is 12.3 Å². The van der Waals surface area contributed by atoms with Gasteiger partial charge in [-0.1, -0.05) is 0 Å². The van der Waals surface area contributed by atoms with Gasteiger partial charge in [0.2, 0.25) is 0 Å². The monoisotopic (exact) mass is 252 g/mol. The van der Waals surface area contributed by atoms with Crippen LogP contribution in [0.15, 0.2) is 12.3 Å². The predicted molar refractivity (Wildman–Crippen MR) is 68.3 cm³/mol. The number of hydrogen-bond donors (Lipinski definition) is 2. The lowest BCUT2D eigenvalue weighted by Gasteiger charge is -2.07. The van der Waals surface area contributed by atoms with Crippen molar-refractivity contribution in [1.82, 2.24) is 4.57 Å².